The molecule has 1 aliphatic rings. The van der Waals surface area contributed by atoms with Crippen molar-refractivity contribution in [3.05, 3.63) is 40.9 Å². The summed E-state index contributed by atoms with van der Waals surface area (Å²) in [4.78, 5) is 12.0. The molecule has 2 nitrogen and oxygen atoms in total. The van der Waals surface area contributed by atoms with Gasteiger partial charge < -0.3 is 4.74 Å². The number of hydrogen-bond acceptors (Lipinski definition) is 2. The van der Waals surface area contributed by atoms with Gasteiger partial charge in [0.05, 0.1) is 12.2 Å². The van der Waals surface area contributed by atoms with E-state index in [1.165, 1.54) is 0 Å². The van der Waals surface area contributed by atoms with Crippen LogP contribution in [0.15, 0.2) is 30.3 Å². The van der Waals surface area contributed by atoms with Crippen LogP contribution in [0.1, 0.15) is 23.2 Å². The van der Waals surface area contributed by atoms with E-state index in [0.29, 0.717) is 29.4 Å². The van der Waals surface area contributed by atoms with E-state index in [4.69, 9.17) is 16.3 Å². The van der Waals surface area contributed by atoms with Crippen molar-refractivity contribution in [3.8, 4) is 5.75 Å². The zero-order valence-electron chi connectivity index (χ0n) is 9.20. The van der Waals surface area contributed by atoms with Crippen LogP contribution in [0.4, 0.5) is 0 Å². The minimum Gasteiger partial charge on any atom is -0.492 e. The van der Waals surface area contributed by atoms with E-state index in [0.717, 1.165) is 17.2 Å². The number of ether oxygens (including phenoxy) is 1. The topological polar surface area (TPSA) is 26.3 Å². The van der Waals surface area contributed by atoms with Crippen molar-refractivity contribution < 1.29 is 9.53 Å². The quantitative estimate of drug-likeness (QED) is 0.706. The zero-order valence-corrected chi connectivity index (χ0v) is 9.96. The minimum atomic E-state index is 0.116. The highest BCUT2D eigenvalue weighted by molar-refractivity contribution is 6.36. The van der Waals surface area contributed by atoms with Crippen molar-refractivity contribution in [2.75, 3.05) is 6.61 Å². The summed E-state index contributed by atoms with van der Waals surface area (Å²) in [6, 6.07) is 9.47. The number of carbonyl (C=O) groups excluding carboxylic acids is 1. The molecule has 0 bridgehead atoms. The smallest absolute Gasteiger partial charge is 0.166 e. The number of benzene rings is 2. The number of carbonyl (C=O) groups is 1. The van der Waals surface area contributed by atoms with Crippen molar-refractivity contribution in [2.45, 2.75) is 12.8 Å². The van der Waals surface area contributed by atoms with E-state index >= 15 is 0 Å². The van der Waals surface area contributed by atoms with Crippen LogP contribution in [0.25, 0.3) is 10.8 Å². The number of hydrogen-bond donors (Lipinski definition) is 0. The van der Waals surface area contributed by atoms with E-state index in [2.05, 4.69) is 0 Å². The Morgan fingerprint density at radius 2 is 1.94 bits per heavy atom. The predicted octanol–water partition coefficient (Wildman–Crippen LogP) is 3.85. The van der Waals surface area contributed by atoms with Crippen molar-refractivity contribution in [1.82, 2.24) is 0 Å². The maximum absolute atomic E-state index is 12.0. The van der Waals surface area contributed by atoms with Crippen molar-refractivity contribution >= 4 is 28.2 Å². The third-order valence-electron chi connectivity index (χ3n) is 3.04. The molecule has 1 aliphatic heterocycles. The Hall–Kier alpha value is -1.54. The van der Waals surface area contributed by atoms with Gasteiger partial charge in [-0.05, 0) is 12.5 Å². The second kappa shape index (κ2) is 4.04. The lowest BCUT2D eigenvalue weighted by atomic mass is 10.0. The van der Waals surface area contributed by atoms with Gasteiger partial charge in [0.25, 0.3) is 0 Å². The fraction of sp³-hybridized carbons (Fsp3) is 0.214. The van der Waals surface area contributed by atoms with Crippen molar-refractivity contribution in [1.29, 1.82) is 0 Å². The standard InChI is InChI=1S/C14H11ClO2/c15-12-8-11-13(16)6-3-7-17-14(11)10-5-2-1-4-9(10)12/h1-2,4-5,8H,3,6-7H2. The molecule has 17 heavy (non-hydrogen) atoms. The SMILES string of the molecule is O=C1CCCOc2c1cc(Cl)c1ccccc21. The highest BCUT2D eigenvalue weighted by atomic mass is 35.5. The fourth-order valence-corrected chi connectivity index (χ4v) is 2.48. The van der Waals surface area contributed by atoms with Crippen molar-refractivity contribution in [2.24, 2.45) is 0 Å². The first-order valence-corrected chi connectivity index (χ1v) is 6.02. The van der Waals surface area contributed by atoms with Crippen LogP contribution in [0.2, 0.25) is 5.02 Å². The third-order valence-corrected chi connectivity index (χ3v) is 3.35. The highest BCUT2D eigenvalue weighted by Crippen LogP contribution is 2.37. The van der Waals surface area contributed by atoms with Crippen LogP contribution in [0, 0.1) is 0 Å². The average molecular weight is 247 g/mol. The van der Waals surface area contributed by atoms with E-state index in [1.807, 2.05) is 24.3 Å². The molecule has 0 N–H and O–H groups in total. The zero-order chi connectivity index (χ0) is 11.8. The van der Waals surface area contributed by atoms with Gasteiger partial charge in [-0.15, -0.1) is 0 Å². The molecular weight excluding hydrogens is 236 g/mol. The normalized spacial score (nSPS) is 15.2. The first-order chi connectivity index (χ1) is 8.27. The summed E-state index contributed by atoms with van der Waals surface area (Å²) < 4.78 is 5.71. The predicted molar refractivity (Wildman–Crippen MR) is 68.0 cm³/mol. The number of ketones is 1. The molecule has 0 radical (unpaired) electrons. The van der Waals surface area contributed by atoms with Gasteiger partial charge in [-0.3, -0.25) is 4.79 Å². The Balaban J connectivity index is 2.38. The molecule has 0 unspecified atom stereocenters. The van der Waals surface area contributed by atoms with Gasteiger partial charge in [0.1, 0.15) is 5.75 Å². The van der Waals surface area contributed by atoms with E-state index in [-0.39, 0.29) is 5.78 Å². The van der Waals surface area contributed by atoms with E-state index in [1.54, 1.807) is 6.07 Å². The van der Waals surface area contributed by atoms with Gasteiger partial charge in [0, 0.05) is 22.2 Å². The summed E-state index contributed by atoms with van der Waals surface area (Å²) in [6.45, 7) is 0.588. The average Bonchev–Trinajstić information content (AvgIpc) is 2.53. The van der Waals surface area contributed by atoms with Gasteiger partial charge in [0.2, 0.25) is 0 Å². The number of fused-ring (bicyclic) bond motifs is 3. The van der Waals surface area contributed by atoms with E-state index < -0.39 is 0 Å². The molecule has 2 aromatic rings. The lowest BCUT2D eigenvalue weighted by Crippen LogP contribution is -1.98. The van der Waals surface area contributed by atoms with Gasteiger partial charge in [-0.1, -0.05) is 35.9 Å². The molecule has 0 amide bonds. The Morgan fingerprint density at radius 1 is 1.18 bits per heavy atom. The highest BCUT2D eigenvalue weighted by Gasteiger charge is 2.20. The molecule has 0 fully saturated rings. The Bertz CT molecular complexity index is 604. The van der Waals surface area contributed by atoms with E-state index in [9.17, 15) is 4.79 Å². The monoisotopic (exact) mass is 246 g/mol. The molecular formula is C14H11ClO2. The summed E-state index contributed by atoms with van der Waals surface area (Å²) in [5, 5.41) is 2.46. The molecule has 0 saturated carbocycles. The molecule has 3 heteroatoms. The van der Waals surface area contributed by atoms with Crippen LogP contribution in [-0.4, -0.2) is 12.4 Å². The maximum Gasteiger partial charge on any atom is 0.166 e. The molecule has 0 aromatic heterocycles. The number of rotatable bonds is 0. The molecule has 0 spiro atoms. The van der Waals surface area contributed by atoms with Gasteiger partial charge in [-0.25, -0.2) is 0 Å². The summed E-state index contributed by atoms with van der Waals surface area (Å²) in [7, 11) is 0. The Kier molecular flexibility index (Phi) is 2.52. The summed E-state index contributed by atoms with van der Waals surface area (Å²) in [5.41, 5.74) is 0.617. The lowest BCUT2D eigenvalue weighted by molar-refractivity contribution is 0.0983. The van der Waals surface area contributed by atoms with Crippen LogP contribution in [0.5, 0.6) is 5.75 Å². The Labute approximate surface area is 104 Å². The van der Waals surface area contributed by atoms with Crippen LogP contribution in [0.3, 0.4) is 0 Å². The molecule has 86 valence electrons. The second-order valence-corrected chi connectivity index (χ2v) is 4.56. The van der Waals surface area contributed by atoms with Gasteiger partial charge >= 0.3 is 0 Å². The van der Waals surface area contributed by atoms with Gasteiger partial charge in [0.15, 0.2) is 5.78 Å². The number of halogens is 1. The lowest BCUT2D eigenvalue weighted by Gasteiger charge is -2.11. The molecule has 0 atom stereocenters. The first-order valence-electron chi connectivity index (χ1n) is 5.64. The van der Waals surface area contributed by atoms with Crippen LogP contribution >= 0.6 is 11.6 Å². The van der Waals surface area contributed by atoms with Crippen molar-refractivity contribution in [3.63, 3.8) is 0 Å². The summed E-state index contributed by atoms with van der Waals surface area (Å²) in [6.07, 6.45) is 1.29. The third kappa shape index (κ3) is 1.69. The van der Waals surface area contributed by atoms with Crippen LogP contribution in [-0.2, 0) is 0 Å². The fourth-order valence-electron chi connectivity index (χ4n) is 2.21. The van der Waals surface area contributed by atoms with Crippen LogP contribution < -0.4 is 4.74 Å². The molecule has 0 saturated heterocycles. The van der Waals surface area contributed by atoms with Gasteiger partial charge in [-0.2, -0.15) is 0 Å². The summed E-state index contributed by atoms with van der Waals surface area (Å²) >= 11 is 6.20. The number of Topliss-reactive ketones (excluding diaryl/α,β-unsaturated/α-hetero) is 1. The molecule has 2 aromatic carbocycles. The second-order valence-electron chi connectivity index (χ2n) is 4.16. The maximum atomic E-state index is 12.0. The summed E-state index contributed by atoms with van der Waals surface area (Å²) in [5.74, 6) is 0.803. The largest absolute Gasteiger partial charge is 0.492 e. The molecule has 1 heterocycles. The minimum absolute atomic E-state index is 0.116. The first kappa shape index (κ1) is 10.6. The molecule has 3 rings (SSSR count). The Morgan fingerprint density at radius 3 is 2.76 bits per heavy atom. The molecule has 0 aliphatic carbocycles.